The number of aryl methyl sites for hydroxylation is 2. The highest BCUT2D eigenvalue weighted by Gasteiger charge is 2.26. The fourth-order valence-electron chi connectivity index (χ4n) is 4.45. The van der Waals surface area contributed by atoms with E-state index in [1.54, 1.807) is 12.1 Å². The molecule has 2 heterocycles. The van der Waals surface area contributed by atoms with Gasteiger partial charge in [-0.05, 0) is 81.6 Å². The number of rotatable bonds is 8. The van der Waals surface area contributed by atoms with Crippen molar-refractivity contribution >= 4 is 23.4 Å². The number of nitrogens with one attached hydrogen (secondary N) is 1. The van der Waals surface area contributed by atoms with Crippen LogP contribution < -0.4 is 5.32 Å². The Morgan fingerprint density at radius 3 is 2.56 bits per heavy atom. The average molecular weight is 482 g/mol. The van der Waals surface area contributed by atoms with Crippen LogP contribution in [0.3, 0.4) is 0 Å². The van der Waals surface area contributed by atoms with Crippen molar-refractivity contribution in [3.05, 3.63) is 65.2 Å². The first-order valence-electron chi connectivity index (χ1n) is 11.9. The van der Waals surface area contributed by atoms with Crippen molar-refractivity contribution < 1.29 is 9.18 Å². The number of likely N-dealkylation sites (tertiary alicyclic amines) is 1. The first-order chi connectivity index (χ1) is 16.5. The Hall–Kier alpha value is -2.71. The molecule has 0 saturated carbocycles. The molecule has 8 heteroatoms. The fraction of sp³-hybridized carbons (Fsp3) is 0.423. The van der Waals surface area contributed by atoms with Crippen LogP contribution in [0.25, 0.3) is 5.69 Å². The molecule has 3 aromatic rings. The van der Waals surface area contributed by atoms with Crippen LogP contribution in [0.1, 0.15) is 56.1 Å². The molecule has 1 amide bonds. The molecule has 6 nitrogen and oxygen atoms in total. The molecule has 0 radical (unpaired) electrons. The third kappa shape index (κ3) is 5.50. The van der Waals surface area contributed by atoms with Crippen LogP contribution in [0, 0.1) is 12.7 Å². The number of anilines is 1. The van der Waals surface area contributed by atoms with Crippen molar-refractivity contribution in [2.75, 3.05) is 24.2 Å². The van der Waals surface area contributed by atoms with Gasteiger partial charge in [-0.3, -0.25) is 14.3 Å². The van der Waals surface area contributed by atoms with Crippen molar-refractivity contribution in [3.63, 3.8) is 0 Å². The molecule has 1 aliphatic heterocycles. The van der Waals surface area contributed by atoms with Gasteiger partial charge in [0, 0.05) is 11.4 Å². The number of benzene rings is 2. The summed E-state index contributed by atoms with van der Waals surface area (Å²) in [5.41, 5.74) is 3.84. The molecule has 1 atom stereocenters. The number of hydrogen-bond donors (Lipinski definition) is 1. The van der Waals surface area contributed by atoms with E-state index in [9.17, 15) is 9.18 Å². The summed E-state index contributed by atoms with van der Waals surface area (Å²) >= 11 is 1.34. The Labute approximate surface area is 205 Å². The van der Waals surface area contributed by atoms with Crippen LogP contribution in [0.4, 0.5) is 10.1 Å². The van der Waals surface area contributed by atoms with Gasteiger partial charge in [0.1, 0.15) is 5.82 Å². The first-order valence-corrected chi connectivity index (χ1v) is 12.9. The summed E-state index contributed by atoms with van der Waals surface area (Å²) in [5, 5.41) is 12.7. The predicted molar refractivity (Wildman–Crippen MR) is 135 cm³/mol. The van der Waals surface area contributed by atoms with Gasteiger partial charge in [-0.2, -0.15) is 0 Å². The summed E-state index contributed by atoms with van der Waals surface area (Å²) in [6.07, 6.45) is 4.46. The van der Waals surface area contributed by atoms with Gasteiger partial charge in [-0.25, -0.2) is 4.39 Å². The van der Waals surface area contributed by atoms with Crippen molar-refractivity contribution in [3.8, 4) is 5.69 Å². The maximum atomic E-state index is 13.6. The molecule has 1 unspecified atom stereocenters. The lowest BCUT2D eigenvalue weighted by Gasteiger charge is -2.31. The highest BCUT2D eigenvalue weighted by Crippen LogP contribution is 2.30. The van der Waals surface area contributed by atoms with Gasteiger partial charge < -0.3 is 5.32 Å². The fourth-order valence-corrected chi connectivity index (χ4v) is 5.21. The highest BCUT2D eigenvalue weighted by molar-refractivity contribution is 7.99. The Kier molecular flexibility index (Phi) is 8.00. The lowest BCUT2D eigenvalue weighted by Crippen LogP contribution is -2.33. The van der Waals surface area contributed by atoms with E-state index in [0.717, 1.165) is 47.8 Å². The van der Waals surface area contributed by atoms with Gasteiger partial charge in [0.2, 0.25) is 5.91 Å². The molecule has 4 rings (SSSR count). The number of carbonyl (C=O) groups is 1. The average Bonchev–Trinajstić information content (AvgIpc) is 3.28. The molecule has 1 aromatic heterocycles. The zero-order valence-corrected chi connectivity index (χ0v) is 20.9. The maximum Gasteiger partial charge on any atom is 0.234 e. The van der Waals surface area contributed by atoms with Crippen LogP contribution >= 0.6 is 11.8 Å². The summed E-state index contributed by atoms with van der Waals surface area (Å²) in [6.45, 7) is 8.27. The van der Waals surface area contributed by atoms with Crippen LogP contribution in [0.15, 0.2) is 47.6 Å². The molecule has 0 bridgehead atoms. The third-order valence-electron chi connectivity index (χ3n) is 6.39. The van der Waals surface area contributed by atoms with E-state index in [1.165, 1.54) is 43.2 Å². The van der Waals surface area contributed by atoms with Gasteiger partial charge in [-0.1, -0.05) is 43.3 Å². The molecule has 1 N–H and O–H groups in total. The van der Waals surface area contributed by atoms with E-state index >= 15 is 0 Å². The van der Waals surface area contributed by atoms with Crippen molar-refractivity contribution in [1.29, 1.82) is 0 Å². The predicted octanol–water partition coefficient (Wildman–Crippen LogP) is 5.55. The van der Waals surface area contributed by atoms with Crippen LogP contribution in [-0.2, 0) is 11.2 Å². The zero-order valence-electron chi connectivity index (χ0n) is 20.1. The summed E-state index contributed by atoms with van der Waals surface area (Å²) in [7, 11) is 0. The number of hydrogen-bond acceptors (Lipinski definition) is 5. The van der Waals surface area contributed by atoms with Gasteiger partial charge in [0.15, 0.2) is 11.0 Å². The maximum absolute atomic E-state index is 13.6. The smallest absolute Gasteiger partial charge is 0.234 e. The summed E-state index contributed by atoms with van der Waals surface area (Å²) in [6, 6.07) is 12.5. The molecule has 1 aliphatic rings. The van der Waals surface area contributed by atoms with Crippen molar-refractivity contribution in [2.24, 2.45) is 0 Å². The van der Waals surface area contributed by atoms with Crippen molar-refractivity contribution in [1.82, 2.24) is 19.7 Å². The van der Waals surface area contributed by atoms with E-state index in [2.05, 4.69) is 34.3 Å². The second kappa shape index (κ2) is 11.1. The van der Waals surface area contributed by atoms with E-state index in [-0.39, 0.29) is 23.5 Å². The number of para-hydroxylation sites is 1. The third-order valence-corrected chi connectivity index (χ3v) is 7.32. The number of halogens is 1. The molecule has 34 heavy (non-hydrogen) atoms. The Morgan fingerprint density at radius 1 is 1.12 bits per heavy atom. The number of carbonyl (C=O) groups excluding carboxylic acids is 1. The first kappa shape index (κ1) is 24.4. The van der Waals surface area contributed by atoms with Crippen LogP contribution in [0.5, 0.6) is 0 Å². The van der Waals surface area contributed by atoms with Gasteiger partial charge in [-0.15, -0.1) is 10.2 Å². The number of amides is 1. The molecule has 2 aromatic carbocycles. The normalized spacial score (nSPS) is 15.3. The van der Waals surface area contributed by atoms with Crippen LogP contribution in [-0.4, -0.2) is 44.4 Å². The zero-order chi connectivity index (χ0) is 24.1. The van der Waals surface area contributed by atoms with E-state index in [1.807, 2.05) is 29.7 Å². The molecule has 1 saturated heterocycles. The molecule has 0 spiro atoms. The summed E-state index contributed by atoms with van der Waals surface area (Å²) in [4.78, 5) is 15.3. The minimum Gasteiger partial charge on any atom is -0.325 e. The second-order valence-corrected chi connectivity index (χ2v) is 9.67. The van der Waals surface area contributed by atoms with Gasteiger partial charge in [0.05, 0.1) is 11.8 Å². The summed E-state index contributed by atoms with van der Waals surface area (Å²) in [5.74, 6) is 0.632. The molecule has 0 aliphatic carbocycles. The summed E-state index contributed by atoms with van der Waals surface area (Å²) < 4.78 is 15.6. The minimum atomic E-state index is -0.291. The number of aromatic nitrogens is 3. The largest absolute Gasteiger partial charge is 0.325 e. The van der Waals surface area contributed by atoms with Crippen molar-refractivity contribution in [2.45, 2.75) is 57.7 Å². The molecule has 180 valence electrons. The molecule has 1 fully saturated rings. The van der Waals surface area contributed by atoms with E-state index in [0.29, 0.717) is 5.16 Å². The van der Waals surface area contributed by atoms with E-state index < -0.39 is 0 Å². The van der Waals surface area contributed by atoms with Crippen LogP contribution in [0.2, 0.25) is 0 Å². The Bertz CT molecular complexity index is 1120. The SMILES string of the molecule is CCc1cccc(C)c1NC(=O)CSc1nnc(C(C)N2CCCCC2)n1-c1ccc(F)cc1. The van der Waals surface area contributed by atoms with Gasteiger partial charge >= 0.3 is 0 Å². The molecular weight excluding hydrogens is 449 g/mol. The number of thioether (sulfide) groups is 1. The monoisotopic (exact) mass is 481 g/mol. The Morgan fingerprint density at radius 2 is 1.85 bits per heavy atom. The Balaban J connectivity index is 1.56. The standard InChI is InChI=1S/C26H32FN5OS/c1-4-20-10-8-9-18(2)24(20)28-23(33)17-34-26-30-29-25(19(3)31-15-6-5-7-16-31)32(26)22-13-11-21(27)12-14-22/h8-14,19H,4-7,15-17H2,1-3H3,(H,28,33). The lowest BCUT2D eigenvalue weighted by molar-refractivity contribution is -0.113. The van der Waals surface area contributed by atoms with E-state index in [4.69, 9.17) is 0 Å². The quantitative estimate of drug-likeness (QED) is 0.427. The highest BCUT2D eigenvalue weighted by atomic mass is 32.2. The molecular formula is C26H32FN5OS. The second-order valence-electron chi connectivity index (χ2n) is 8.72. The number of piperidine rings is 1. The topological polar surface area (TPSA) is 63.1 Å². The van der Waals surface area contributed by atoms with Gasteiger partial charge in [0.25, 0.3) is 0 Å². The minimum absolute atomic E-state index is 0.0695. The number of nitrogens with zero attached hydrogens (tertiary/aromatic N) is 4. The lowest BCUT2D eigenvalue weighted by atomic mass is 10.1.